The van der Waals surface area contributed by atoms with E-state index in [4.69, 9.17) is 10.8 Å². The molecule has 116 valence electrons. The van der Waals surface area contributed by atoms with Crippen molar-refractivity contribution in [2.45, 2.75) is 0 Å². The molecule has 2 amide bonds. The first-order valence-corrected chi connectivity index (χ1v) is 7.05. The molecule has 1 aliphatic heterocycles. The fourth-order valence-electron chi connectivity index (χ4n) is 2.35. The molecule has 2 aromatic rings. The number of carboxylic acid groups (broad SMARTS) is 1. The second-order valence-corrected chi connectivity index (χ2v) is 5.60. The van der Waals surface area contributed by atoms with Crippen LogP contribution in [0.2, 0.25) is 0 Å². The number of nitrogens with two attached hydrogens (primary N) is 1. The van der Waals surface area contributed by atoms with E-state index < -0.39 is 23.3 Å². The summed E-state index contributed by atoms with van der Waals surface area (Å²) < 4.78 is 1.34. The van der Waals surface area contributed by atoms with Crippen LogP contribution in [0.15, 0.2) is 33.5 Å². The number of benzene rings is 1. The molecule has 0 aliphatic carbocycles. The van der Waals surface area contributed by atoms with E-state index in [1.54, 1.807) is 0 Å². The van der Waals surface area contributed by atoms with Gasteiger partial charge in [-0.1, -0.05) is 0 Å². The Labute approximate surface area is 136 Å². The summed E-state index contributed by atoms with van der Waals surface area (Å²) in [4.78, 5) is 46.6. The molecule has 0 unspecified atom stereocenters. The highest BCUT2D eigenvalue weighted by atomic mass is 79.9. The number of aromatic nitrogens is 1. The van der Waals surface area contributed by atoms with Crippen LogP contribution in [-0.4, -0.2) is 27.5 Å². The molecule has 0 spiro atoms. The first-order valence-electron chi connectivity index (χ1n) is 6.25. The van der Waals surface area contributed by atoms with Crippen molar-refractivity contribution in [3.05, 3.63) is 55.8 Å². The largest absolute Gasteiger partial charge is 0.478 e. The van der Waals surface area contributed by atoms with Crippen LogP contribution in [0, 0.1) is 0 Å². The highest BCUT2D eigenvalue weighted by Crippen LogP contribution is 2.27. The van der Waals surface area contributed by atoms with Gasteiger partial charge >= 0.3 is 5.97 Å². The van der Waals surface area contributed by atoms with Gasteiger partial charge in [-0.15, -0.1) is 0 Å². The predicted molar refractivity (Wildman–Crippen MR) is 82.9 cm³/mol. The molecule has 1 aromatic carbocycles. The van der Waals surface area contributed by atoms with Gasteiger partial charge in [-0.05, 0) is 34.1 Å². The number of carboxylic acids is 1. The first-order chi connectivity index (χ1) is 10.8. The van der Waals surface area contributed by atoms with E-state index in [2.05, 4.69) is 21.2 Å². The summed E-state index contributed by atoms with van der Waals surface area (Å²) in [5, 5.41) is 11.0. The Bertz CT molecular complexity index is 964. The van der Waals surface area contributed by atoms with Crippen LogP contribution in [-0.2, 0) is 0 Å². The van der Waals surface area contributed by atoms with E-state index in [-0.39, 0.29) is 28.2 Å². The van der Waals surface area contributed by atoms with Crippen molar-refractivity contribution in [3.63, 3.8) is 0 Å². The van der Waals surface area contributed by atoms with E-state index in [1.165, 1.54) is 18.2 Å². The van der Waals surface area contributed by atoms with Crippen LogP contribution in [0.5, 0.6) is 0 Å². The number of carbonyl (C=O) groups excluding carboxylic acids is 2. The summed E-state index contributed by atoms with van der Waals surface area (Å²) in [6, 6.07) is 5.00. The maximum Gasteiger partial charge on any atom is 0.335 e. The molecule has 0 atom stereocenters. The number of nitrogens with one attached hydrogen (secondary N) is 1. The quantitative estimate of drug-likeness (QED) is 0.662. The Kier molecular flexibility index (Phi) is 3.29. The Hall–Kier alpha value is -2.94. The fraction of sp³-hybridized carbons (Fsp3) is 0. The number of hydrogen-bond acceptors (Lipinski definition) is 5. The average Bonchev–Trinajstić information content (AvgIpc) is 2.75. The summed E-state index contributed by atoms with van der Waals surface area (Å²) in [6.07, 6.45) is 0. The molecule has 0 radical (unpaired) electrons. The van der Waals surface area contributed by atoms with E-state index >= 15 is 0 Å². The van der Waals surface area contributed by atoms with Gasteiger partial charge < -0.3 is 10.8 Å². The molecule has 0 saturated carbocycles. The predicted octanol–water partition coefficient (Wildman–Crippen LogP) is 0.764. The van der Waals surface area contributed by atoms with Gasteiger partial charge in [-0.3, -0.25) is 24.3 Å². The molecule has 0 bridgehead atoms. The molecule has 9 heteroatoms. The second kappa shape index (κ2) is 5.06. The molecule has 3 rings (SSSR count). The third-order valence-corrected chi connectivity index (χ3v) is 4.02. The Balaban J connectivity index is 2.29. The van der Waals surface area contributed by atoms with Crippen LogP contribution in [0.3, 0.4) is 0 Å². The van der Waals surface area contributed by atoms with E-state index in [0.29, 0.717) is 4.47 Å². The molecule has 1 aromatic heterocycles. The molecule has 1 aliphatic rings. The van der Waals surface area contributed by atoms with Crippen molar-refractivity contribution in [1.29, 1.82) is 0 Å². The van der Waals surface area contributed by atoms with Gasteiger partial charge in [-0.25, -0.2) is 4.79 Å². The van der Waals surface area contributed by atoms with Crippen molar-refractivity contribution >= 4 is 39.5 Å². The van der Waals surface area contributed by atoms with Gasteiger partial charge in [0.05, 0.1) is 22.4 Å². The molecule has 23 heavy (non-hydrogen) atoms. The zero-order chi connectivity index (χ0) is 16.9. The minimum absolute atomic E-state index is 0.0151. The summed E-state index contributed by atoms with van der Waals surface area (Å²) in [6.45, 7) is 0. The highest BCUT2D eigenvalue weighted by Gasteiger charge is 2.32. The van der Waals surface area contributed by atoms with Crippen LogP contribution in [0.4, 0.5) is 5.82 Å². The van der Waals surface area contributed by atoms with E-state index in [9.17, 15) is 19.2 Å². The Morgan fingerprint density at radius 3 is 2.48 bits per heavy atom. The zero-order valence-electron chi connectivity index (χ0n) is 11.3. The minimum Gasteiger partial charge on any atom is -0.478 e. The number of amides is 2. The molecular formula is C14H8BrN3O5. The number of carbonyl (C=O) groups is 3. The lowest BCUT2D eigenvalue weighted by atomic mass is 10.1. The third-order valence-electron chi connectivity index (χ3n) is 3.39. The third kappa shape index (κ3) is 2.21. The number of halogens is 1. The van der Waals surface area contributed by atoms with Crippen LogP contribution in [0.1, 0.15) is 31.1 Å². The molecule has 8 nitrogen and oxygen atoms in total. The highest BCUT2D eigenvalue weighted by molar-refractivity contribution is 9.10. The second-order valence-electron chi connectivity index (χ2n) is 4.75. The maximum atomic E-state index is 12.3. The number of imide groups is 1. The molecule has 2 heterocycles. The summed E-state index contributed by atoms with van der Waals surface area (Å²) >= 11 is 3.18. The van der Waals surface area contributed by atoms with Crippen molar-refractivity contribution in [1.82, 2.24) is 9.88 Å². The lowest BCUT2D eigenvalue weighted by Gasteiger charge is -2.13. The van der Waals surface area contributed by atoms with Crippen LogP contribution < -0.4 is 16.6 Å². The van der Waals surface area contributed by atoms with E-state index in [0.717, 1.165) is 10.6 Å². The SMILES string of the molecule is Nc1c2c(cc(=O)n1-c1ccc(C(=O)O)cc1Br)C(=O)NC2=O. The number of nitrogens with zero attached hydrogens (tertiary/aromatic N) is 1. The number of aromatic carboxylic acids is 1. The summed E-state index contributed by atoms with van der Waals surface area (Å²) in [5.41, 5.74) is 5.40. The molecule has 4 N–H and O–H groups in total. The van der Waals surface area contributed by atoms with Crippen molar-refractivity contribution in [3.8, 4) is 5.69 Å². The lowest BCUT2D eigenvalue weighted by molar-refractivity contribution is 0.0696. The van der Waals surface area contributed by atoms with Crippen LogP contribution >= 0.6 is 15.9 Å². The van der Waals surface area contributed by atoms with Gasteiger partial charge in [0.25, 0.3) is 17.4 Å². The van der Waals surface area contributed by atoms with E-state index in [1.807, 2.05) is 0 Å². The normalized spacial score (nSPS) is 12.9. The Morgan fingerprint density at radius 1 is 1.17 bits per heavy atom. The van der Waals surface area contributed by atoms with Crippen molar-refractivity contribution in [2.24, 2.45) is 0 Å². The average molecular weight is 378 g/mol. The standard InChI is InChI=1S/C14H8BrN3O5/c15-7-3-5(14(22)23)1-2-8(7)18-9(19)4-6-10(11(18)16)13(21)17-12(6)20/h1-4H,16H2,(H,22,23)(H,17,20,21). The van der Waals surface area contributed by atoms with Gasteiger partial charge in [0.15, 0.2) is 0 Å². The monoisotopic (exact) mass is 377 g/mol. The lowest BCUT2D eigenvalue weighted by Crippen LogP contribution is -2.24. The van der Waals surface area contributed by atoms with Gasteiger partial charge in [0, 0.05) is 10.5 Å². The summed E-state index contributed by atoms with van der Waals surface area (Å²) in [5.74, 6) is -2.69. The number of pyridine rings is 1. The molecule has 0 saturated heterocycles. The fourth-order valence-corrected chi connectivity index (χ4v) is 2.91. The number of fused-ring (bicyclic) bond motifs is 1. The van der Waals surface area contributed by atoms with Crippen molar-refractivity contribution < 1.29 is 19.5 Å². The minimum atomic E-state index is -1.13. The molecular weight excluding hydrogens is 370 g/mol. The van der Waals surface area contributed by atoms with Gasteiger partial charge in [0.2, 0.25) is 0 Å². The number of hydrogen-bond donors (Lipinski definition) is 3. The maximum absolute atomic E-state index is 12.3. The van der Waals surface area contributed by atoms with Crippen molar-refractivity contribution in [2.75, 3.05) is 5.73 Å². The Morgan fingerprint density at radius 2 is 1.87 bits per heavy atom. The zero-order valence-corrected chi connectivity index (χ0v) is 12.9. The summed E-state index contributed by atoms with van der Waals surface area (Å²) in [7, 11) is 0. The van der Waals surface area contributed by atoms with Crippen LogP contribution in [0.25, 0.3) is 5.69 Å². The smallest absolute Gasteiger partial charge is 0.335 e. The van der Waals surface area contributed by atoms with Gasteiger partial charge in [0.1, 0.15) is 5.82 Å². The number of nitrogen functional groups attached to an aromatic ring is 1. The first kappa shape index (κ1) is 15.0. The number of rotatable bonds is 2. The topological polar surface area (TPSA) is 131 Å². The molecule has 0 fully saturated rings. The number of anilines is 1. The van der Waals surface area contributed by atoms with Gasteiger partial charge in [-0.2, -0.15) is 0 Å².